The Balaban J connectivity index is 2.35. The van der Waals surface area contributed by atoms with Crippen LogP contribution in [0.25, 0.3) is 10.8 Å². The van der Waals surface area contributed by atoms with Gasteiger partial charge in [-0.15, -0.1) is 0 Å². The van der Waals surface area contributed by atoms with E-state index in [1.54, 1.807) is 11.8 Å². The molecule has 0 spiro atoms. The molecule has 0 unspecified atom stereocenters. The summed E-state index contributed by atoms with van der Waals surface area (Å²) in [7, 11) is 0. The average molecular weight is 248 g/mol. The first-order valence-corrected chi connectivity index (χ1v) is 6.99. The monoisotopic (exact) mass is 248 g/mol. The largest absolute Gasteiger partial charge is 0.492 e. The first-order valence-electron chi connectivity index (χ1n) is 5.60. The average Bonchev–Trinajstić information content (AvgIpc) is 2.38. The van der Waals surface area contributed by atoms with Crippen molar-refractivity contribution in [2.75, 3.05) is 18.6 Å². The highest BCUT2D eigenvalue weighted by Crippen LogP contribution is 2.28. The Morgan fingerprint density at radius 1 is 1.18 bits per heavy atom. The Kier molecular flexibility index (Phi) is 4.29. The van der Waals surface area contributed by atoms with Gasteiger partial charge in [-0.25, -0.2) is 0 Å². The van der Waals surface area contributed by atoms with Gasteiger partial charge in [-0.2, -0.15) is 11.8 Å². The molecule has 90 valence electrons. The van der Waals surface area contributed by atoms with Gasteiger partial charge in [-0.05, 0) is 23.1 Å². The third-order valence-corrected chi connectivity index (χ3v) is 3.28. The highest BCUT2D eigenvalue weighted by molar-refractivity contribution is 7.98. The van der Waals surface area contributed by atoms with Crippen molar-refractivity contribution >= 4 is 22.5 Å². The first-order chi connectivity index (χ1) is 8.36. The van der Waals surface area contributed by atoms with Gasteiger partial charge in [-0.1, -0.05) is 30.3 Å². The van der Waals surface area contributed by atoms with Gasteiger partial charge in [0.25, 0.3) is 0 Å². The summed E-state index contributed by atoms with van der Waals surface area (Å²) in [6.45, 7) is 0.683. The van der Waals surface area contributed by atoms with Gasteiger partial charge in [0.15, 0.2) is 0 Å². The molecule has 2 rings (SSSR count). The van der Waals surface area contributed by atoms with E-state index in [1.165, 1.54) is 0 Å². The van der Waals surface area contributed by atoms with E-state index in [1.807, 2.05) is 36.4 Å². The molecular formula is C14H16O2S. The van der Waals surface area contributed by atoms with Crippen LogP contribution in [0.2, 0.25) is 0 Å². The fourth-order valence-corrected chi connectivity index (χ4v) is 2.10. The molecule has 0 aliphatic rings. The van der Waals surface area contributed by atoms with Crippen LogP contribution in [0.3, 0.4) is 0 Å². The van der Waals surface area contributed by atoms with E-state index in [0.29, 0.717) is 6.61 Å². The van der Waals surface area contributed by atoms with E-state index in [0.717, 1.165) is 27.8 Å². The van der Waals surface area contributed by atoms with Crippen molar-refractivity contribution in [3.8, 4) is 5.75 Å². The van der Waals surface area contributed by atoms with Crippen molar-refractivity contribution in [1.29, 1.82) is 0 Å². The lowest BCUT2D eigenvalue weighted by Gasteiger charge is -2.12. The molecular weight excluding hydrogens is 232 g/mol. The lowest BCUT2D eigenvalue weighted by Crippen LogP contribution is -2.02. The predicted molar refractivity (Wildman–Crippen MR) is 73.7 cm³/mol. The van der Waals surface area contributed by atoms with Gasteiger partial charge in [0.1, 0.15) is 5.75 Å². The Morgan fingerprint density at radius 2 is 2.00 bits per heavy atom. The quantitative estimate of drug-likeness (QED) is 0.825. The van der Waals surface area contributed by atoms with Crippen LogP contribution in [0.5, 0.6) is 5.75 Å². The summed E-state index contributed by atoms with van der Waals surface area (Å²) in [5, 5.41) is 11.7. The van der Waals surface area contributed by atoms with E-state index in [4.69, 9.17) is 4.74 Å². The third-order valence-electron chi connectivity index (χ3n) is 2.70. The SMILES string of the molecule is CSCCOc1ccc2ccccc2c1CO. The lowest BCUT2D eigenvalue weighted by molar-refractivity contribution is 0.269. The van der Waals surface area contributed by atoms with Gasteiger partial charge >= 0.3 is 0 Å². The molecule has 2 nitrogen and oxygen atoms in total. The number of hydrogen-bond acceptors (Lipinski definition) is 3. The number of hydrogen-bond donors (Lipinski definition) is 1. The number of rotatable bonds is 5. The Bertz CT molecular complexity index is 497. The predicted octanol–water partition coefficient (Wildman–Crippen LogP) is 3.07. The van der Waals surface area contributed by atoms with Crippen LogP contribution >= 0.6 is 11.8 Å². The molecule has 3 heteroatoms. The Labute approximate surface area is 106 Å². The van der Waals surface area contributed by atoms with Gasteiger partial charge in [0, 0.05) is 11.3 Å². The summed E-state index contributed by atoms with van der Waals surface area (Å²) in [6, 6.07) is 12.0. The summed E-state index contributed by atoms with van der Waals surface area (Å²) in [4.78, 5) is 0. The number of thioether (sulfide) groups is 1. The number of benzene rings is 2. The van der Waals surface area contributed by atoms with Gasteiger partial charge in [-0.3, -0.25) is 0 Å². The van der Waals surface area contributed by atoms with E-state index in [-0.39, 0.29) is 6.61 Å². The van der Waals surface area contributed by atoms with Crippen LogP contribution in [-0.2, 0) is 6.61 Å². The fraction of sp³-hybridized carbons (Fsp3) is 0.286. The third kappa shape index (κ3) is 2.73. The van der Waals surface area contributed by atoms with Gasteiger partial charge < -0.3 is 9.84 Å². The molecule has 0 aliphatic heterocycles. The Hall–Kier alpha value is -1.19. The van der Waals surface area contributed by atoms with Crippen molar-refractivity contribution in [2.45, 2.75) is 6.61 Å². The summed E-state index contributed by atoms with van der Waals surface area (Å²) < 4.78 is 5.70. The molecule has 0 fully saturated rings. The molecule has 0 saturated heterocycles. The molecule has 0 amide bonds. The number of aliphatic hydroxyl groups is 1. The summed E-state index contributed by atoms with van der Waals surface area (Å²) in [6.07, 6.45) is 2.05. The zero-order chi connectivity index (χ0) is 12.1. The van der Waals surface area contributed by atoms with Crippen molar-refractivity contribution in [3.63, 3.8) is 0 Å². The topological polar surface area (TPSA) is 29.5 Å². The minimum Gasteiger partial charge on any atom is -0.492 e. The van der Waals surface area contributed by atoms with Crippen LogP contribution in [0.4, 0.5) is 0 Å². The minimum absolute atomic E-state index is 0.00988. The van der Waals surface area contributed by atoms with Crippen molar-refractivity contribution in [3.05, 3.63) is 42.0 Å². The highest BCUT2D eigenvalue weighted by atomic mass is 32.2. The van der Waals surface area contributed by atoms with Crippen molar-refractivity contribution < 1.29 is 9.84 Å². The Morgan fingerprint density at radius 3 is 2.76 bits per heavy atom. The van der Waals surface area contributed by atoms with Crippen LogP contribution in [0.1, 0.15) is 5.56 Å². The van der Waals surface area contributed by atoms with Gasteiger partial charge in [0.05, 0.1) is 13.2 Å². The first kappa shape index (κ1) is 12.3. The minimum atomic E-state index is 0.00988. The second-order valence-corrected chi connectivity index (χ2v) is 4.75. The maximum Gasteiger partial charge on any atom is 0.125 e. The van der Waals surface area contributed by atoms with E-state index in [9.17, 15) is 5.11 Å². The van der Waals surface area contributed by atoms with Crippen molar-refractivity contribution in [2.24, 2.45) is 0 Å². The normalized spacial score (nSPS) is 10.7. The van der Waals surface area contributed by atoms with E-state index < -0.39 is 0 Å². The molecule has 0 saturated carbocycles. The molecule has 0 heterocycles. The summed E-state index contributed by atoms with van der Waals surface area (Å²) >= 11 is 1.75. The fourth-order valence-electron chi connectivity index (χ4n) is 1.85. The lowest BCUT2D eigenvalue weighted by atomic mass is 10.0. The molecule has 0 aliphatic carbocycles. The van der Waals surface area contributed by atoms with Crippen LogP contribution in [0, 0.1) is 0 Å². The van der Waals surface area contributed by atoms with Crippen molar-refractivity contribution in [1.82, 2.24) is 0 Å². The smallest absolute Gasteiger partial charge is 0.125 e. The summed E-state index contributed by atoms with van der Waals surface area (Å²) in [5.74, 6) is 1.75. The second-order valence-electron chi connectivity index (χ2n) is 3.76. The molecule has 2 aromatic rings. The second kappa shape index (κ2) is 5.94. The van der Waals surface area contributed by atoms with E-state index in [2.05, 4.69) is 6.26 Å². The molecule has 2 aromatic carbocycles. The maximum atomic E-state index is 9.49. The summed E-state index contributed by atoms with van der Waals surface area (Å²) in [5.41, 5.74) is 0.879. The zero-order valence-corrected chi connectivity index (χ0v) is 10.7. The van der Waals surface area contributed by atoms with Crippen LogP contribution in [-0.4, -0.2) is 23.7 Å². The number of aliphatic hydroxyl groups excluding tert-OH is 1. The number of ether oxygens (including phenoxy) is 1. The van der Waals surface area contributed by atoms with E-state index >= 15 is 0 Å². The standard InChI is InChI=1S/C14H16O2S/c1-17-9-8-16-14-7-6-11-4-2-3-5-12(11)13(14)10-15/h2-7,15H,8-10H2,1H3. The molecule has 0 atom stereocenters. The molecule has 0 aromatic heterocycles. The van der Waals surface area contributed by atoms with Crippen LogP contribution < -0.4 is 4.74 Å². The number of fused-ring (bicyclic) bond motifs is 1. The zero-order valence-electron chi connectivity index (χ0n) is 9.85. The van der Waals surface area contributed by atoms with Gasteiger partial charge in [0.2, 0.25) is 0 Å². The molecule has 0 bridgehead atoms. The molecule has 17 heavy (non-hydrogen) atoms. The molecule has 0 radical (unpaired) electrons. The van der Waals surface area contributed by atoms with Crippen LogP contribution in [0.15, 0.2) is 36.4 Å². The maximum absolute atomic E-state index is 9.49. The molecule has 1 N–H and O–H groups in total. The highest BCUT2D eigenvalue weighted by Gasteiger charge is 2.07.